The number of amides is 1. The number of aromatic amines is 1. The number of aromatic nitrogens is 1. The van der Waals surface area contributed by atoms with Crippen LogP contribution in [-0.2, 0) is 27.2 Å². The quantitative estimate of drug-likeness (QED) is 0.0855. The summed E-state index contributed by atoms with van der Waals surface area (Å²) < 4.78 is 67.8. The zero-order valence-electron chi connectivity index (χ0n) is 29.1. The molecular formula is C37H44F6N4O5S. The molecule has 0 atom stereocenters. The Kier molecular flexibility index (Phi) is 13.1. The lowest BCUT2D eigenvalue weighted by Crippen LogP contribution is -2.53. The van der Waals surface area contributed by atoms with Gasteiger partial charge in [-0.2, -0.15) is 26.3 Å². The number of nitrogens with one attached hydrogen (secondary N) is 3. The van der Waals surface area contributed by atoms with E-state index in [4.69, 9.17) is 0 Å². The molecule has 0 radical (unpaired) electrons. The average Bonchev–Trinajstić information content (AvgIpc) is 3.49. The van der Waals surface area contributed by atoms with E-state index in [0.717, 1.165) is 84.9 Å². The highest BCUT2D eigenvalue weighted by Gasteiger charge is 2.54. The van der Waals surface area contributed by atoms with E-state index in [0.29, 0.717) is 23.9 Å². The van der Waals surface area contributed by atoms with E-state index >= 15 is 0 Å². The highest BCUT2D eigenvalue weighted by Crippen LogP contribution is 2.60. The number of phenols is 1. The molecule has 0 spiro atoms. The standard InChI is InChI=1S/C33H44N4O3S.C4F6O2/c38-28-7-6-27(31-30(28)36-32(40)41-31)9-12-35-14-15-37(22-33-19-24-16-25(20-33)18-26(17-24)21-33)29(39)10-13-34-11-8-23-4-2-1-3-5-23;5-3(6,7)1(11)2(12)4(8,9)10/h1-7,24-26,34-35,38H,8-22H2,(H,36,40);. The molecule has 4 saturated carbocycles. The Morgan fingerprint density at radius 3 is 1.96 bits per heavy atom. The maximum Gasteiger partial charge on any atom is 0.458 e. The molecule has 290 valence electrons. The van der Waals surface area contributed by atoms with Crippen LogP contribution in [0.1, 0.15) is 56.1 Å². The number of H-pyrrole nitrogens is 1. The normalized spacial score (nSPS) is 22.0. The summed E-state index contributed by atoms with van der Waals surface area (Å²) >= 11 is 1.15. The molecule has 0 aliphatic heterocycles. The summed E-state index contributed by atoms with van der Waals surface area (Å²) in [6, 6.07) is 14.0. The predicted octanol–water partition coefficient (Wildman–Crippen LogP) is 5.94. The number of thiazole rings is 1. The van der Waals surface area contributed by atoms with E-state index in [9.17, 15) is 50.6 Å². The lowest BCUT2D eigenvalue weighted by atomic mass is 9.49. The number of carbonyl (C=O) groups is 3. The van der Waals surface area contributed by atoms with Gasteiger partial charge in [0.05, 0.1) is 4.70 Å². The first-order valence-corrected chi connectivity index (χ1v) is 18.6. The van der Waals surface area contributed by atoms with Crippen molar-refractivity contribution in [3.8, 4) is 5.75 Å². The number of carbonyl (C=O) groups excluding carboxylic acids is 3. The number of nitrogens with zero attached hydrogens (tertiary/aromatic N) is 1. The highest BCUT2D eigenvalue weighted by molar-refractivity contribution is 7.16. The van der Waals surface area contributed by atoms with Gasteiger partial charge in [-0.3, -0.25) is 19.2 Å². The van der Waals surface area contributed by atoms with Gasteiger partial charge in [-0.15, -0.1) is 0 Å². The van der Waals surface area contributed by atoms with E-state index in [1.54, 1.807) is 6.07 Å². The predicted molar refractivity (Wildman–Crippen MR) is 188 cm³/mol. The van der Waals surface area contributed by atoms with Crippen LogP contribution < -0.4 is 15.5 Å². The lowest BCUT2D eigenvalue weighted by Gasteiger charge is -2.58. The maximum atomic E-state index is 13.6. The number of phenolic OH excluding ortho intramolecular Hbond substituents is 1. The van der Waals surface area contributed by atoms with Gasteiger partial charge in [0.25, 0.3) is 0 Å². The molecule has 4 fully saturated rings. The largest absolute Gasteiger partial charge is 0.506 e. The van der Waals surface area contributed by atoms with Gasteiger partial charge in [0, 0.05) is 32.6 Å². The fourth-order valence-electron chi connectivity index (χ4n) is 8.63. The molecule has 16 heteroatoms. The molecule has 4 bridgehead atoms. The van der Waals surface area contributed by atoms with Crippen molar-refractivity contribution in [3.63, 3.8) is 0 Å². The molecule has 0 saturated heterocycles. The summed E-state index contributed by atoms with van der Waals surface area (Å²) in [4.78, 5) is 49.4. The van der Waals surface area contributed by atoms with Crippen molar-refractivity contribution in [2.45, 2.75) is 70.1 Å². The fraction of sp³-hybridized carbons (Fsp3) is 0.568. The molecule has 0 unspecified atom stereocenters. The Balaban J connectivity index is 0.000000390. The van der Waals surface area contributed by atoms with Crippen LogP contribution in [-0.4, -0.2) is 84.1 Å². The zero-order chi connectivity index (χ0) is 38.4. The van der Waals surface area contributed by atoms with E-state index in [-0.39, 0.29) is 16.5 Å². The Hall–Kier alpha value is -3.76. The Bertz CT molecular complexity index is 1730. The Morgan fingerprint density at radius 2 is 1.38 bits per heavy atom. The van der Waals surface area contributed by atoms with Crippen molar-refractivity contribution in [1.82, 2.24) is 20.5 Å². The van der Waals surface area contributed by atoms with Crippen molar-refractivity contribution in [1.29, 1.82) is 0 Å². The van der Waals surface area contributed by atoms with Gasteiger partial charge in [0.2, 0.25) is 5.91 Å². The van der Waals surface area contributed by atoms with Crippen LogP contribution in [0.3, 0.4) is 0 Å². The fourth-order valence-corrected chi connectivity index (χ4v) is 9.52. The minimum absolute atomic E-state index is 0.114. The first-order chi connectivity index (χ1) is 25.0. The van der Waals surface area contributed by atoms with Crippen LogP contribution in [0.5, 0.6) is 5.75 Å². The topological polar surface area (TPSA) is 132 Å². The van der Waals surface area contributed by atoms with Crippen molar-refractivity contribution < 1.29 is 45.8 Å². The minimum atomic E-state index is -5.77. The van der Waals surface area contributed by atoms with E-state index in [1.807, 2.05) is 12.1 Å². The second-order valence-corrected chi connectivity index (χ2v) is 15.6. The van der Waals surface area contributed by atoms with E-state index < -0.39 is 23.9 Å². The number of hydrogen-bond acceptors (Lipinski definition) is 8. The Morgan fingerprint density at radius 1 is 0.811 bits per heavy atom. The number of benzene rings is 2. The van der Waals surface area contributed by atoms with Gasteiger partial charge >= 0.3 is 28.8 Å². The number of fused-ring (bicyclic) bond motifs is 1. The number of ketones is 2. The van der Waals surface area contributed by atoms with Crippen LogP contribution in [0.25, 0.3) is 10.2 Å². The molecule has 4 aliphatic carbocycles. The molecule has 9 nitrogen and oxygen atoms in total. The van der Waals surface area contributed by atoms with Gasteiger partial charge in [-0.05, 0) is 105 Å². The van der Waals surface area contributed by atoms with Gasteiger partial charge < -0.3 is 25.6 Å². The number of aromatic hydroxyl groups is 1. The van der Waals surface area contributed by atoms with Crippen LogP contribution in [0, 0.1) is 23.2 Å². The van der Waals surface area contributed by atoms with Gasteiger partial charge in [-0.1, -0.05) is 47.7 Å². The SMILES string of the molecule is O=C(C(=O)C(F)(F)F)C(F)(F)F.O=C(CCNCCc1ccccc1)N(CCNCCc1ccc(O)c2[nH]c(=O)sc12)CC12CC3CC(CC(C3)C1)C2. The molecule has 2 aromatic carbocycles. The summed E-state index contributed by atoms with van der Waals surface area (Å²) in [5.41, 5.74) is 3.23. The molecule has 4 aliphatic rings. The van der Waals surface area contributed by atoms with E-state index in [1.165, 1.54) is 44.1 Å². The zero-order valence-corrected chi connectivity index (χ0v) is 29.9. The number of Topliss-reactive ketones (excluding diaryl/α,β-unsaturated/α-hetero) is 2. The van der Waals surface area contributed by atoms with Gasteiger partial charge in [0.1, 0.15) is 11.3 Å². The molecule has 4 N–H and O–H groups in total. The summed E-state index contributed by atoms with van der Waals surface area (Å²) in [7, 11) is 0. The first kappa shape index (κ1) is 40.4. The summed E-state index contributed by atoms with van der Waals surface area (Å²) in [5.74, 6) is -3.80. The van der Waals surface area contributed by atoms with Crippen LogP contribution in [0.2, 0.25) is 0 Å². The first-order valence-electron chi connectivity index (χ1n) is 17.8. The molecular weight excluding hydrogens is 726 g/mol. The second kappa shape index (κ2) is 17.1. The third-order valence-electron chi connectivity index (χ3n) is 10.5. The van der Waals surface area contributed by atoms with Crippen LogP contribution in [0.15, 0.2) is 47.3 Å². The monoisotopic (exact) mass is 770 g/mol. The molecule has 1 heterocycles. The van der Waals surface area contributed by atoms with Crippen molar-refractivity contribution in [2.75, 3.05) is 39.3 Å². The minimum Gasteiger partial charge on any atom is -0.506 e. The number of rotatable bonds is 15. The maximum absolute atomic E-state index is 13.6. The van der Waals surface area contributed by atoms with E-state index in [2.05, 4.69) is 44.8 Å². The number of alkyl halides is 6. The third-order valence-corrected chi connectivity index (χ3v) is 11.4. The molecule has 1 amide bonds. The smallest absolute Gasteiger partial charge is 0.458 e. The molecule has 7 rings (SSSR count). The van der Waals surface area contributed by atoms with Crippen molar-refractivity contribution in [3.05, 3.63) is 63.3 Å². The average molecular weight is 771 g/mol. The summed E-state index contributed by atoms with van der Waals surface area (Å²) in [5, 5.41) is 17.1. The molecule has 53 heavy (non-hydrogen) atoms. The summed E-state index contributed by atoms with van der Waals surface area (Å²) in [6.07, 6.45) is -1.09. The van der Waals surface area contributed by atoms with Gasteiger partial charge in [0.15, 0.2) is 0 Å². The van der Waals surface area contributed by atoms with Crippen LogP contribution >= 0.6 is 11.3 Å². The molecule has 3 aromatic rings. The molecule has 1 aromatic heterocycles. The number of hydrogen-bond donors (Lipinski definition) is 4. The highest BCUT2D eigenvalue weighted by atomic mass is 32.1. The van der Waals surface area contributed by atoms with Gasteiger partial charge in [-0.25, -0.2) is 0 Å². The van der Waals surface area contributed by atoms with Crippen molar-refractivity contribution in [2.24, 2.45) is 23.2 Å². The number of halogens is 6. The third kappa shape index (κ3) is 10.9. The summed E-state index contributed by atoms with van der Waals surface area (Å²) in [6.45, 7) is 4.75. The van der Waals surface area contributed by atoms with Crippen molar-refractivity contribution >= 4 is 39.0 Å². The lowest BCUT2D eigenvalue weighted by molar-refractivity contribution is -0.193. The van der Waals surface area contributed by atoms with Crippen LogP contribution in [0.4, 0.5) is 26.3 Å². The second-order valence-electron chi connectivity index (χ2n) is 14.6. The Labute approximate surface area is 306 Å².